The number of carbonyl (C=O) groups excluding carboxylic acids is 1. The van der Waals surface area contributed by atoms with E-state index in [-0.39, 0.29) is 23.0 Å². The van der Waals surface area contributed by atoms with E-state index in [0.29, 0.717) is 13.1 Å². The summed E-state index contributed by atoms with van der Waals surface area (Å²) in [5.41, 5.74) is 0.404. The lowest BCUT2D eigenvalue weighted by Gasteiger charge is -2.42. The van der Waals surface area contributed by atoms with Gasteiger partial charge in [0.2, 0.25) is 0 Å². The lowest BCUT2D eigenvalue weighted by atomic mass is 9.74. The summed E-state index contributed by atoms with van der Waals surface area (Å²) in [6.45, 7) is 7.75. The molecule has 1 saturated heterocycles. The van der Waals surface area contributed by atoms with Crippen molar-refractivity contribution in [2.45, 2.75) is 51.9 Å². The summed E-state index contributed by atoms with van der Waals surface area (Å²) in [5, 5.41) is 0. The number of rotatable bonds is 1. The molecular formula is C18H26N2O4. The maximum Gasteiger partial charge on any atom is 0.410 e. The topological polar surface area (TPSA) is 60.8 Å². The highest BCUT2D eigenvalue weighted by atomic mass is 16.6. The zero-order chi connectivity index (χ0) is 17.5. The van der Waals surface area contributed by atoms with Crippen LogP contribution in [-0.2, 0) is 16.0 Å². The molecule has 0 N–H and O–H groups in total. The molecule has 0 aliphatic carbocycles. The Kier molecular flexibility index (Phi) is 4.20. The largest absolute Gasteiger partial charge is 0.444 e. The lowest BCUT2D eigenvalue weighted by Crippen LogP contribution is -2.46. The highest BCUT2D eigenvalue weighted by molar-refractivity contribution is 5.68. The number of amides is 1. The zero-order valence-corrected chi connectivity index (χ0v) is 14.9. The van der Waals surface area contributed by atoms with Gasteiger partial charge in [0.15, 0.2) is 5.43 Å². The van der Waals surface area contributed by atoms with Crippen molar-refractivity contribution in [3.63, 3.8) is 0 Å². The number of carbonyl (C=O) groups is 1. The summed E-state index contributed by atoms with van der Waals surface area (Å²) in [4.78, 5) is 25.7. The van der Waals surface area contributed by atoms with E-state index in [1.165, 1.54) is 0 Å². The predicted octanol–water partition coefficient (Wildman–Crippen LogP) is 2.57. The van der Waals surface area contributed by atoms with Crippen LogP contribution < -0.4 is 5.43 Å². The fraction of sp³-hybridized carbons (Fsp3) is 0.667. The number of nitrogens with zero attached hydrogens (tertiary/aromatic N) is 2. The molecule has 0 saturated carbocycles. The third-order valence-corrected chi connectivity index (χ3v) is 5.00. The van der Waals surface area contributed by atoms with Gasteiger partial charge >= 0.3 is 6.09 Å². The normalized spacial score (nSPS) is 22.5. The van der Waals surface area contributed by atoms with Crippen LogP contribution in [0, 0.1) is 5.41 Å². The molecule has 6 heteroatoms. The fourth-order valence-corrected chi connectivity index (χ4v) is 3.88. The zero-order valence-electron chi connectivity index (χ0n) is 14.9. The number of pyridine rings is 1. The molecular weight excluding hydrogens is 308 g/mol. The van der Waals surface area contributed by atoms with Gasteiger partial charge in [0, 0.05) is 50.5 Å². The van der Waals surface area contributed by atoms with Crippen molar-refractivity contribution in [2.24, 2.45) is 5.41 Å². The summed E-state index contributed by atoms with van der Waals surface area (Å²) >= 11 is 0. The Morgan fingerprint density at radius 3 is 2.54 bits per heavy atom. The minimum atomic E-state index is -0.481. The van der Waals surface area contributed by atoms with E-state index in [4.69, 9.17) is 9.47 Å². The van der Waals surface area contributed by atoms with Gasteiger partial charge in [0.1, 0.15) is 11.7 Å². The molecule has 1 amide bonds. The Hall–Kier alpha value is -1.82. The van der Waals surface area contributed by atoms with Gasteiger partial charge in [-0.05, 0) is 33.6 Å². The number of fused-ring (bicyclic) bond motifs is 1. The van der Waals surface area contributed by atoms with E-state index in [1.807, 2.05) is 27.0 Å². The number of likely N-dealkylation sites (tertiary alicyclic amines) is 1. The van der Waals surface area contributed by atoms with Crippen LogP contribution in [0.4, 0.5) is 4.79 Å². The first-order chi connectivity index (χ1) is 11.2. The second-order valence-corrected chi connectivity index (χ2v) is 7.86. The van der Waals surface area contributed by atoms with Gasteiger partial charge < -0.3 is 18.9 Å². The molecule has 132 valence electrons. The van der Waals surface area contributed by atoms with Crippen LogP contribution in [0.2, 0.25) is 0 Å². The summed E-state index contributed by atoms with van der Waals surface area (Å²) in [5.74, 6) is 0. The summed E-state index contributed by atoms with van der Waals surface area (Å²) < 4.78 is 13.3. The van der Waals surface area contributed by atoms with Crippen molar-refractivity contribution in [2.75, 3.05) is 20.2 Å². The Bertz CT molecular complexity index is 681. The Morgan fingerprint density at radius 2 is 1.96 bits per heavy atom. The van der Waals surface area contributed by atoms with Crippen molar-refractivity contribution < 1.29 is 14.3 Å². The van der Waals surface area contributed by atoms with Crippen LogP contribution in [-0.4, -0.2) is 41.4 Å². The van der Waals surface area contributed by atoms with Crippen molar-refractivity contribution in [1.82, 2.24) is 9.47 Å². The molecule has 1 atom stereocenters. The molecule has 0 aromatic carbocycles. The highest BCUT2D eigenvalue weighted by Gasteiger charge is 2.49. The quantitative estimate of drug-likeness (QED) is 0.792. The fourth-order valence-electron chi connectivity index (χ4n) is 3.88. The van der Waals surface area contributed by atoms with E-state index in [1.54, 1.807) is 24.1 Å². The first-order valence-corrected chi connectivity index (χ1v) is 8.45. The molecule has 0 radical (unpaired) electrons. The summed E-state index contributed by atoms with van der Waals surface area (Å²) in [6, 6.07) is 3.26. The maximum absolute atomic E-state index is 12.3. The van der Waals surface area contributed by atoms with Crippen molar-refractivity contribution in [1.29, 1.82) is 0 Å². The smallest absolute Gasteiger partial charge is 0.410 e. The number of piperidine rings is 1. The molecule has 24 heavy (non-hydrogen) atoms. The SMILES string of the molecule is COC1c2cc(=O)ccn2CC12CCN(C(=O)OC(C)(C)C)CC2. The molecule has 2 aliphatic heterocycles. The monoisotopic (exact) mass is 334 g/mol. The number of aromatic nitrogens is 1. The van der Waals surface area contributed by atoms with E-state index in [9.17, 15) is 9.59 Å². The van der Waals surface area contributed by atoms with E-state index < -0.39 is 5.60 Å². The average molecular weight is 334 g/mol. The van der Waals surface area contributed by atoms with Crippen molar-refractivity contribution in [3.05, 3.63) is 34.2 Å². The van der Waals surface area contributed by atoms with Gasteiger partial charge in [-0.3, -0.25) is 4.79 Å². The maximum atomic E-state index is 12.3. The molecule has 2 aliphatic rings. The standard InChI is InChI=1S/C18H26N2O4/c1-17(2,3)24-16(22)19-9-6-18(7-10-19)12-20-8-5-13(21)11-14(20)15(18)23-4/h5,8,11,15H,6-7,9-10,12H2,1-4H3. The van der Waals surface area contributed by atoms with Gasteiger partial charge in [-0.25, -0.2) is 4.79 Å². The van der Waals surface area contributed by atoms with E-state index in [2.05, 4.69) is 4.57 Å². The minimum absolute atomic E-state index is 0.00606. The molecule has 1 unspecified atom stereocenters. The molecule has 3 rings (SSSR count). The number of methoxy groups -OCH3 is 1. The summed E-state index contributed by atoms with van der Waals surface area (Å²) in [7, 11) is 1.69. The van der Waals surface area contributed by atoms with Crippen molar-refractivity contribution >= 4 is 6.09 Å². The predicted molar refractivity (Wildman–Crippen MR) is 89.9 cm³/mol. The molecule has 0 bridgehead atoms. The third kappa shape index (κ3) is 3.07. The van der Waals surface area contributed by atoms with Crippen LogP contribution >= 0.6 is 0 Å². The van der Waals surface area contributed by atoms with Crippen LogP contribution in [0.3, 0.4) is 0 Å². The number of hydrogen-bond donors (Lipinski definition) is 0. The van der Waals surface area contributed by atoms with E-state index in [0.717, 1.165) is 25.1 Å². The first-order valence-electron chi connectivity index (χ1n) is 8.45. The lowest BCUT2D eigenvalue weighted by molar-refractivity contribution is -0.0463. The molecule has 1 spiro atoms. The minimum Gasteiger partial charge on any atom is -0.444 e. The molecule has 1 aromatic heterocycles. The van der Waals surface area contributed by atoms with Crippen LogP contribution in [0.15, 0.2) is 23.1 Å². The molecule has 1 aromatic rings. The van der Waals surface area contributed by atoms with Crippen molar-refractivity contribution in [3.8, 4) is 0 Å². The Balaban J connectivity index is 1.74. The van der Waals surface area contributed by atoms with E-state index >= 15 is 0 Å². The average Bonchev–Trinajstić information content (AvgIpc) is 2.78. The second kappa shape index (κ2) is 5.92. The van der Waals surface area contributed by atoms with Crippen LogP contribution in [0.25, 0.3) is 0 Å². The van der Waals surface area contributed by atoms with Gasteiger partial charge in [0.05, 0.1) is 5.69 Å². The van der Waals surface area contributed by atoms with Gasteiger partial charge in [0.25, 0.3) is 0 Å². The number of ether oxygens (including phenoxy) is 2. The van der Waals surface area contributed by atoms with Crippen LogP contribution in [0.1, 0.15) is 45.4 Å². The molecule has 3 heterocycles. The summed E-state index contributed by atoms with van der Waals surface area (Å²) in [6.07, 6.45) is 3.16. The molecule has 6 nitrogen and oxygen atoms in total. The highest BCUT2D eigenvalue weighted by Crippen LogP contribution is 2.50. The van der Waals surface area contributed by atoms with Crippen LogP contribution in [0.5, 0.6) is 0 Å². The second-order valence-electron chi connectivity index (χ2n) is 7.86. The van der Waals surface area contributed by atoms with Gasteiger partial charge in [-0.1, -0.05) is 0 Å². The van der Waals surface area contributed by atoms with Gasteiger partial charge in [-0.2, -0.15) is 0 Å². The Labute approximate surface area is 142 Å². The van der Waals surface area contributed by atoms with Gasteiger partial charge in [-0.15, -0.1) is 0 Å². The Morgan fingerprint density at radius 1 is 1.29 bits per heavy atom. The molecule has 1 fully saturated rings. The third-order valence-electron chi connectivity index (χ3n) is 5.00. The first kappa shape index (κ1) is 17.0. The number of hydrogen-bond acceptors (Lipinski definition) is 4.